The van der Waals surface area contributed by atoms with Crippen LogP contribution in [0.5, 0.6) is 5.75 Å². The second-order valence-corrected chi connectivity index (χ2v) is 9.44. The summed E-state index contributed by atoms with van der Waals surface area (Å²) < 4.78 is 6.88. The highest BCUT2D eigenvalue weighted by Gasteiger charge is 2.09. The summed E-state index contributed by atoms with van der Waals surface area (Å²) in [6.07, 6.45) is 0. The smallest absolute Gasteiger partial charge is 0.230 e. The third-order valence-electron chi connectivity index (χ3n) is 3.85. The lowest BCUT2D eigenvalue weighted by molar-refractivity contribution is -0.118. The van der Waals surface area contributed by atoms with Crippen molar-refractivity contribution in [3.63, 3.8) is 0 Å². The molecule has 0 atom stereocenters. The lowest BCUT2D eigenvalue weighted by atomic mass is 10.1. The SMILES string of the molecule is COc1ccc(CSc2nnc(SCC(=O)NCc3ccc(C)cc3)s2)cc1. The van der Waals surface area contributed by atoms with Crippen LogP contribution in [-0.4, -0.2) is 29.0 Å². The van der Waals surface area contributed by atoms with Crippen LogP contribution in [0.1, 0.15) is 16.7 Å². The van der Waals surface area contributed by atoms with Crippen molar-refractivity contribution in [2.24, 2.45) is 0 Å². The van der Waals surface area contributed by atoms with Crippen molar-refractivity contribution in [1.29, 1.82) is 0 Å². The van der Waals surface area contributed by atoms with Gasteiger partial charge in [0.25, 0.3) is 0 Å². The molecule has 28 heavy (non-hydrogen) atoms. The molecule has 8 heteroatoms. The molecule has 0 fully saturated rings. The first-order valence-corrected chi connectivity index (χ1v) is 11.5. The van der Waals surface area contributed by atoms with Gasteiger partial charge in [-0.05, 0) is 30.2 Å². The fourth-order valence-electron chi connectivity index (χ4n) is 2.27. The van der Waals surface area contributed by atoms with E-state index in [0.29, 0.717) is 12.3 Å². The Balaban J connectivity index is 1.39. The number of nitrogens with one attached hydrogen (secondary N) is 1. The minimum atomic E-state index is -0.00629. The predicted octanol–water partition coefficient (Wildman–Crippen LogP) is 4.56. The zero-order chi connectivity index (χ0) is 19.8. The number of ether oxygens (including phenoxy) is 1. The van der Waals surface area contributed by atoms with E-state index in [1.807, 2.05) is 55.5 Å². The van der Waals surface area contributed by atoms with E-state index in [2.05, 4.69) is 15.5 Å². The molecule has 5 nitrogen and oxygen atoms in total. The number of benzene rings is 2. The molecule has 0 aliphatic heterocycles. The Kier molecular flexibility index (Phi) is 7.76. The highest BCUT2D eigenvalue weighted by Crippen LogP contribution is 2.30. The van der Waals surface area contributed by atoms with Crippen LogP contribution in [0.25, 0.3) is 0 Å². The standard InChI is InChI=1S/C20H21N3O2S3/c1-14-3-5-15(6-4-14)11-21-18(24)13-27-20-23-22-19(28-20)26-12-16-7-9-17(25-2)10-8-16/h3-10H,11-13H2,1-2H3,(H,21,24). The molecule has 2 aromatic carbocycles. The Morgan fingerprint density at radius 3 is 2.32 bits per heavy atom. The van der Waals surface area contributed by atoms with E-state index in [1.54, 1.807) is 18.9 Å². The number of hydrogen-bond acceptors (Lipinski definition) is 7. The minimum absolute atomic E-state index is 0.00629. The summed E-state index contributed by atoms with van der Waals surface area (Å²) in [4.78, 5) is 12.0. The molecule has 1 amide bonds. The molecular weight excluding hydrogens is 410 g/mol. The first kappa shape index (κ1) is 20.7. The van der Waals surface area contributed by atoms with Gasteiger partial charge in [0.2, 0.25) is 5.91 Å². The summed E-state index contributed by atoms with van der Waals surface area (Å²) in [5.41, 5.74) is 3.50. The van der Waals surface area contributed by atoms with Crippen LogP contribution in [0.3, 0.4) is 0 Å². The Labute approximate surface area is 177 Å². The first-order chi connectivity index (χ1) is 13.6. The molecule has 146 valence electrons. The molecule has 3 rings (SSSR count). The van der Waals surface area contributed by atoms with Crippen LogP contribution in [0, 0.1) is 6.92 Å². The third-order valence-corrected chi connectivity index (χ3v) is 7.11. The Morgan fingerprint density at radius 2 is 1.64 bits per heavy atom. The van der Waals surface area contributed by atoms with Gasteiger partial charge in [-0.25, -0.2) is 0 Å². The van der Waals surface area contributed by atoms with E-state index in [9.17, 15) is 4.79 Å². The summed E-state index contributed by atoms with van der Waals surface area (Å²) in [5.74, 6) is 2.00. The lowest BCUT2D eigenvalue weighted by Gasteiger charge is -2.04. The van der Waals surface area contributed by atoms with E-state index in [-0.39, 0.29) is 5.91 Å². The normalized spacial score (nSPS) is 10.6. The maximum Gasteiger partial charge on any atom is 0.230 e. The van der Waals surface area contributed by atoms with E-state index in [0.717, 1.165) is 25.7 Å². The number of carbonyl (C=O) groups is 1. The van der Waals surface area contributed by atoms with E-state index in [1.165, 1.54) is 34.2 Å². The van der Waals surface area contributed by atoms with Gasteiger partial charge in [-0.1, -0.05) is 76.8 Å². The topological polar surface area (TPSA) is 64.1 Å². The van der Waals surface area contributed by atoms with Crippen molar-refractivity contribution in [2.45, 2.75) is 27.9 Å². The molecule has 0 saturated carbocycles. The maximum absolute atomic E-state index is 12.0. The molecule has 0 saturated heterocycles. The third kappa shape index (κ3) is 6.54. The Hall–Kier alpha value is -2.03. The first-order valence-electron chi connectivity index (χ1n) is 8.66. The van der Waals surface area contributed by atoms with E-state index < -0.39 is 0 Å². The van der Waals surface area contributed by atoms with E-state index in [4.69, 9.17) is 4.74 Å². The summed E-state index contributed by atoms with van der Waals surface area (Å²) >= 11 is 4.57. The van der Waals surface area contributed by atoms with Crippen molar-refractivity contribution in [1.82, 2.24) is 15.5 Å². The second-order valence-electron chi connectivity index (χ2n) is 6.02. The lowest BCUT2D eigenvalue weighted by Crippen LogP contribution is -2.24. The Bertz CT molecular complexity index is 896. The molecule has 1 aromatic heterocycles. The second kappa shape index (κ2) is 10.5. The average molecular weight is 432 g/mol. The molecule has 0 unspecified atom stereocenters. The quantitative estimate of drug-likeness (QED) is 0.501. The van der Waals surface area contributed by atoms with Gasteiger partial charge in [0.15, 0.2) is 8.68 Å². The number of thioether (sulfide) groups is 2. The van der Waals surface area contributed by atoms with Crippen molar-refractivity contribution >= 4 is 40.8 Å². The number of hydrogen-bond donors (Lipinski definition) is 1. The molecule has 0 radical (unpaired) electrons. The van der Waals surface area contributed by atoms with Crippen LogP contribution in [0.4, 0.5) is 0 Å². The largest absolute Gasteiger partial charge is 0.497 e. The molecule has 0 spiro atoms. The molecule has 1 heterocycles. The summed E-state index contributed by atoms with van der Waals surface area (Å²) in [6.45, 7) is 2.59. The number of nitrogens with zero attached hydrogens (tertiary/aromatic N) is 2. The number of methoxy groups -OCH3 is 1. The number of amides is 1. The van der Waals surface area contributed by atoms with Crippen LogP contribution in [0.2, 0.25) is 0 Å². The Morgan fingerprint density at radius 1 is 1.00 bits per heavy atom. The van der Waals surface area contributed by atoms with Gasteiger partial charge < -0.3 is 10.1 Å². The van der Waals surface area contributed by atoms with Crippen molar-refractivity contribution in [3.05, 3.63) is 65.2 Å². The number of aryl methyl sites for hydroxylation is 1. The number of rotatable bonds is 9. The molecule has 0 aliphatic rings. The van der Waals surface area contributed by atoms with E-state index >= 15 is 0 Å². The maximum atomic E-state index is 12.0. The number of carbonyl (C=O) groups excluding carboxylic acids is 1. The van der Waals surface area contributed by atoms with Crippen LogP contribution < -0.4 is 10.1 Å². The van der Waals surface area contributed by atoms with Crippen LogP contribution in [-0.2, 0) is 17.1 Å². The van der Waals surface area contributed by atoms with Gasteiger partial charge in [-0.2, -0.15) is 0 Å². The summed E-state index contributed by atoms with van der Waals surface area (Å²) in [6, 6.07) is 16.1. The van der Waals surface area contributed by atoms with Crippen molar-refractivity contribution in [3.8, 4) is 5.75 Å². The van der Waals surface area contributed by atoms with Gasteiger partial charge >= 0.3 is 0 Å². The zero-order valence-corrected chi connectivity index (χ0v) is 18.1. The summed E-state index contributed by atoms with van der Waals surface area (Å²) in [5, 5.41) is 11.3. The van der Waals surface area contributed by atoms with Gasteiger partial charge in [-0.3, -0.25) is 4.79 Å². The summed E-state index contributed by atoms with van der Waals surface area (Å²) in [7, 11) is 1.66. The van der Waals surface area contributed by atoms with Gasteiger partial charge in [0.05, 0.1) is 12.9 Å². The molecule has 0 bridgehead atoms. The monoisotopic (exact) mass is 431 g/mol. The highest BCUT2D eigenvalue weighted by atomic mass is 32.2. The van der Waals surface area contributed by atoms with Gasteiger partial charge in [0.1, 0.15) is 5.75 Å². The van der Waals surface area contributed by atoms with Gasteiger partial charge in [0, 0.05) is 12.3 Å². The molecule has 1 N–H and O–H groups in total. The van der Waals surface area contributed by atoms with Crippen molar-refractivity contribution < 1.29 is 9.53 Å². The van der Waals surface area contributed by atoms with Gasteiger partial charge in [-0.15, -0.1) is 10.2 Å². The van der Waals surface area contributed by atoms with Crippen LogP contribution >= 0.6 is 34.9 Å². The minimum Gasteiger partial charge on any atom is -0.497 e. The molecule has 3 aromatic rings. The fraction of sp³-hybridized carbons (Fsp3) is 0.250. The van der Waals surface area contributed by atoms with Crippen LogP contribution in [0.15, 0.2) is 57.2 Å². The number of aromatic nitrogens is 2. The fourth-order valence-corrected chi connectivity index (χ4v) is 5.07. The highest BCUT2D eigenvalue weighted by molar-refractivity contribution is 8.03. The molecular formula is C20H21N3O2S3. The van der Waals surface area contributed by atoms with Crippen molar-refractivity contribution in [2.75, 3.05) is 12.9 Å². The average Bonchev–Trinajstić information content (AvgIpc) is 3.18. The zero-order valence-electron chi connectivity index (χ0n) is 15.7. The molecule has 0 aliphatic carbocycles. The predicted molar refractivity (Wildman–Crippen MR) is 116 cm³/mol.